The van der Waals surface area contributed by atoms with E-state index in [0.29, 0.717) is 17.6 Å². The predicted octanol–water partition coefficient (Wildman–Crippen LogP) is 3.71. The summed E-state index contributed by atoms with van der Waals surface area (Å²) in [6.45, 7) is 4.42. The Kier molecular flexibility index (Phi) is 4.30. The summed E-state index contributed by atoms with van der Waals surface area (Å²) in [6.07, 6.45) is 5.91. The molecular formula is C18H25N3O. The van der Waals surface area contributed by atoms with Gasteiger partial charge in [0.15, 0.2) is 5.82 Å². The van der Waals surface area contributed by atoms with Crippen LogP contribution in [0, 0.1) is 0 Å². The van der Waals surface area contributed by atoms with E-state index in [-0.39, 0.29) is 5.54 Å². The van der Waals surface area contributed by atoms with Crippen molar-refractivity contribution in [2.45, 2.75) is 63.8 Å². The zero-order chi connectivity index (χ0) is 15.6. The van der Waals surface area contributed by atoms with Crippen molar-refractivity contribution in [3.8, 4) is 0 Å². The molecule has 3 rings (SSSR count). The van der Waals surface area contributed by atoms with E-state index >= 15 is 0 Å². The maximum Gasteiger partial charge on any atom is 0.227 e. The molecule has 2 N–H and O–H groups in total. The molecule has 0 amide bonds. The summed E-state index contributed by atoms with van der Waals surface area (Å²) >= 11 is 0. The molecule has 1 saturated carbocycles. The zero-order valence-corrected chi connectivity index (χ0v) is 13.5. The summed E-state index contributed by atoms with van der Waals surface area (Å²) in [4.78, 5) is 4.52. The van der Waals surface area contributed by atoms with Crippen molar-refractivity contribution in [2.24, 2.45) is 5.73 Å². The average molecular weight is 299 g/mol. The molecule has 0 aliphatic heterocycles. The number of aromatic nitrogens is 2. The van der Waals surface area contributed by atoms with Gasteiger partial charge >= 0.3 is 0 Å². The highest BCUT2D eigenvalue weighted by Gasteiger charge is 2.35. The second-order valence-corrected chi connectivity index (χ2v) is 6.77. The Hall–Kier alpha value is -1.68. The van der Waals surface area contributed by atoms with Crippen LogP contribution in [0.1, 0.15) is 68.3 Å². The first-order valence-electron chi connectivity index (χ1n) is 8.28. The van der Waals surface area contributed by atoms with Crippen LogP contribution in [0.5, 0.6) is 0 Å². The Balaban J connectivity index is 1.61. The third kappa shape index (κ3) is 3.22. The molecule has 1 aliphatic rings. The second-order valence-electron chi connectivity index (χ2n) is 6.77. The minimum atomic E-state index is -0.360. The van der Waals surface area contributed by atoms with Crippen LogP contribution in [0.15, 0.2) is 28.8 Å². The summed E-state index contributed by atoms with van der Waals surface area (Å²) in [7, 11) is 0. The Morgan fingerprint density at radius 1 is 1.14 bits per heavy atom. The van der Waals surface area contributed by atoms with E-state index in [9.17, 15) is 0 Å². The molecule has 1 aromatic heterocycles. The van der Waals surface area contributed by atoms with Gasteiger partial charge in [-0.2, -0.15) is 4.98 Å². The molecular weight excluding hydrogens is 274 g/mol. The monoisotopic (exact) mass is 299 g/mol. The summed E-state index contributed by atoms with van der Waals surface area (Å²) < 4.78 is 5.38. The summed E-state index contributed by atoms with van der Waals surface area (Å²) in [5.74, 6) is 1.95. The first-order valence-corrected chi connectivity index (χ1v) is 8.28. The van der Waals surface area contributed by atoms with Crippen LogP contribution in [0.2, 0.25) is 0 Å². The molecule has 4 nitrogen and oxygen atoms in total. The van der Waals surface area contributed by atoms with Gasteiger partial charge in [0, 0.05) is 6.42 Å². The van der Waals surface area contributed by atoms with Gasteiger partial charge < -0.3 is 10.3 Å². The molecule has 1 fully saturated rings. The fourth-order valence-corrected chi connectivity index (χ4v) is 3.11. The normalized spacial score (nSPS) is 17.3. The highest BCUT2D eigenvalue weighted by atomic mass is 16.5. The van der Waals surface area contributed by atoms with Crippen LogP contribution in [-0.2, 0) is 18.4 Å². The summed E-state index contributed by atoms with van der Waals surface area (Å²) in [5.41, 5.74) is 8.67. The summed E-state index contributed by atoms with van der Waals surface area (Å²) in [6, 6.07) is 8.78. The maximum absolute atomic E-state index is 6.36. The third-order valence-electron chi connectivity index (χ3n) is 4.68. The first-order chi connectivity index (χ1) is 10.6. The fourth-order valence-electron chi connectivity index (χ4n) is 3.11. The van der Waals surface area contributed by atoms with Gasteiger partial charge in [0.1, 0.15) is 0 Å². The van der Waals surface area contributed by atoms with E-state index in [4.69, 9.17) is 10.3 Å². The van der Waals surface area contributed by atoms with Gasteiger partial charge in [0.2, 0.25) is 5.89 Å². The molecule has 4 heteroatoms. The molecule has 2 aromatic rings. The van der Waals surface area contributed by atoms with Crippen molar-refractivity contribution in [1.82, 2.24) is 10.1 Å². The van der Waals surface area contributed by atoms with Crippen LogP contribution in [0.3, 0.4) is 0 Å². The van der Waals surface area contributed by atoms with Gasteiger partial charge in [-0.1, -0.05) is 56.1 Å². The van der Waals surface area contributed by atoms with Crippen molar-refractivity contribution < 1.29 is 4.52 Å². The Bertz CT molecular complexity index is 610. The molecule has 0 atom stereocenters. The lowest BCUT2D eigenvalue weighted by molar-refractivity contribution is 0.348. The molecule has 0 radical (unpaired) electrons. The lowest BCUT2D eigenvalue weighted by Gasteiger charge is -2.17. The molecule has 1 aliphatic carbocycles. The SMILES string of the molecule is CC(C)c1ccc(CCc2nc(C3(N)CCCC3)no2)cc1. The van der Waals surface area contributed by atoms with E-state index in [1.165, 1.54) is 11.1 Å². The quantitative estimate of drug-likeness (QED) is 0.914. The molecule has 1 aromatic carbocycles. The van der Waals surface area contributed by atoms with Gasteiger partial charge in [-0.3, -0.25) is 0 Å². The number of rotatable bonds is 5. The van der Waals surface area contributed by atoms with Crippen LogP contribution in [-0.4, -0.2) is 10.1 Å². The third-order valence-corrected chi connectivity index (χ3v) is 4.68. The van der Waals surface area contributed by atoms with Gasteiger partial charge in [-0.05, 0) is 36.3 Å². The Morgan fingerprint density at radius 3 is 2.45 bits per heavy atom. The van der Waals surface area contributed by atoms with Crippen molar-refractivity contribution in [3.05, 3.63) is 47.1 Å². The molecule has 0 unspecified atom stereocenters. The van der Waals surface area contributed by atoms with E-state index in [0.717, 1.165) is 38.5 Å². The fraction of sp³-hybridized carbons (Fsp3) is 0.556. The highest BCUT2D eigenvalue weighted by molar-refractivity contribution is 5.25. The van der Waals surface area contributed by atoms with Crippen molar-refractivity contribution in [3.63, 3.8) is 0 Å². The molecule has 1 heterocycles. The Labute approximate surface area is 132 Å². The molecule has 22 heavy (non-hydrogen) atoms. The Morgan fingerprint density at radius 2 is 1.82 bits per heavy atom. The number of hydrogen-bond acceptors (Lipinski definition) is 4. The lowest BCUT2D eigenvalue weighted by atomic mass is 9.98. The van der Waals surface area contributed by atoms with E-state index in [1.807, 2.05) is 0 Å². The smallest absolute Gasteiger partial charge is 0.227 e. The molecule has 0 bridgehead atoms. The van der Waals surface area contributed by atoms with Crippen molar-refractivity contribution in [1.29, 1.82) is 0 Å². The van der Waals surface area contributed by atoms with Crippen LogP contribution in [0.25, 0.3) is 0 Å². The average Bonchev–Trinajstić information content (AvgIpc) is 3.15. The molecule has 118 valence electrons. The first kappa shape index (κ1) is 15.2. The largest absolute Gasteiger partial charge is 0.339 e. The van der Waals surface area contributed by atoms with Gasteiger partial charge in [-0.15, -0.1) is 0 Å². The van der Waals surface area contributed by atoms with Gasteiger partial charge in [0.05, 0.1) is 5.54 Å². The van der Waals surface area contributed by atoms with E-state index < -0.39 is 0 Å². The van der Waals surface area contributed by atoms with E-state index in [1.54, 1.807) is 0 Å². The van der Waals surface area contributed by atoms with Crippen LogP contribution in [0.4, 0.5) is 0 Å². The predicted molar refractivity (Wildman–Crippen MR) is 86.6 cm³/mol. The van der Waals surface area contributed by atoms with E-state index in [2.05, 4.69) is 48.3 Å². The minimum absolute atomic E-state index is 0.360. The zero-order valence-electron chi connectivity index (χ0n) is 13.5. The number of hydrogen-bond donors (Lipinski definition) is 1. The van der Waals surface area contributed by atoms with Gasteiger partial charge in [0.25, 0.3) is 0 Å². The van der Waals surface area contributed by atoms with Crippen molar-refractivity contribution in [2.75, 3.05) is 0 Å². The van der Waals surface area contributed by atoms with Crippen LogP contribution < -0.4 is 5.73 Å². The topological polar surface area (TPSA) is 64.9 Å². The number of nitrogens with two attached hydrogens (primary N) is 1. The number of benzene rings is 1. The molecule has 0 spiro atoms. The van der Waals surface area contributed by atoms with Crippen molar-refractivity contribution >= 4 is 0 Å². The van der Waals surface area contributed by atoms with Gasteiger partial charge in [-0.25, -0.2) is 0 Å². The number of nitrogens with zero attached hydrogens (tertiary/aromatic N) is 2. The lowest BCUT2D eigenvalue weighted by Crippen LogP contribution is -2.34. The van der Waals surface area contributed by atoms with Crippen LogP contribution >= 0.6 is 0 Å². The molecule has 0 saturated heterocycles. The minimum Gasteiger partial charge on any atom is -0.339 e. The number of aryl methyl sites for hydroxylation is 2. The second kappa shape index (κ2) is 6.21. The standard InChI is InChI=1S/C18H25N3O/c1-13(2)15-8-5-14(6-9-15)7-10-16-20-17(21-22-16)18(19)11-3-4-12-18/h5-6,8-9,13H,3-4,7,10-12,19H2,1-2H3. The highest BCUT2D eigenvalue weighted by Crippen LogP contribution is 2.34. The summed E-state index contributed by atoms with van der Waals surface area (Å²) in [5, 5.41) is 4.11. The maximum atomic E-state index is 6.36.